The number of ether oxygens (including phenoxy) is 1. The maximum Gasteiger partial charge on any atom is 0.274 e. The maximum atomic E-state index is 13.0. The van der Waals surface area contributed by atoms with Crippen molar-refractivity contribution in [3.05, 3.63) is 22.6 Å². The lowest BCUT2D eigenvalue weighted by atomic mass is 10.4. The van der Waals surface area contributed by atoms with Crippen molar-refractivity contribution in [1.29, 1.82) is 0 Å². The van der Waals surface area contributed by atoms with Crippen LogP contribution in [0.25, 0.3) is 0 Å². The number of rotatable bonds is 3. The van der Waals surface area contributed by atoms with Crippen LogP contribution in [0.4, 0.5) is 13.2 Å². The third-order valence-corrected chi connectivity index (χ3v) is 1.86. The number of hydrogen-bond acceptors (Lipinski definition) is 2. The number of pyridine rings is 1. The molecule has 0 amide bonds. The molecular formula is C8H7BrF3NO. The Morgan fingerprint density at radius 1 is 1.50 bits per heavy atom. The lowest BCUT2D eigenvalue weighted by Crippen LogP contribution is -2.22. The molecule has 1 unspecified atom stereocenters. The molecule has 1 atom stereocenters. The van der Waals surface area contributed by atoms with Gasteiger partial charge in [-0.15, -0.1) is 0 Å². The molecule has 0 spiro atoms. The summed E-state index contributed by atoms with van der Waals surface area (Å²) in [6.07, 6.45) is -2.77. The van der Waals surface area contributed by atoms with E-state index in [-0.39, 0.29) is 0 Å². The molecular weight excluding hydrogens is 263 g/mol. The van der Waals surface area contributed by atoms with Crippen LogP contribution in [0.3, 0.4) is 0 Å². The zero-order valence-corrected chi connectivity index (χ0v) is 8.76. The maximum absolute atomic E-state index is 13.0. The van der Waals surface area contributed by atoms with E-state index in [4.69, 9.17) is 0 Å². The van der Waals surface area contributed by atoms with Crippen LogP contribution in [0.15, 0.2) is 16.7 Å². The average molecular weight is 270 g/mol. The van der Waals surface area contributed by atoms with Crippen LogP contribution in [-0.2, 0) is 0 Å². The van der Waals surface area contributed by atoms with Crippen LogP contribution in [0.5, 0.6) is 5.88 Å². The summed E-state index contributed by atoms with van der Waals surface area (Å²) in [6, 6.07) is 1.10. The molecule has 0 bridgehead atoms. The van der Waals surface area contributed by atoms with Crippen molar-refractivity contribution in [1.82, 2.24) is 4.98 Å². The molecule has 0 fully saturated rings. The molecule has 1 heterocycles. The fraction of sp³-hybridized carbons (Fsp3) is 0.375. The van der Waals surface area contributed by atoms with Gasteiger partial charge in [0.1, 0.15) is 0 Å². The Balaban J connectivity index is 2.77. The summed E-state index contributed by atoms with van der Waals surface area (Å²) in [5.41, 5.74) is 0. The molecule has 1 aromatic rings. The SMILES string of the molecule is CC(Oc1ncc(Br)cc1F)C(F)F. The van der Waals surface area contributed by atoms with Gasteiger partial charge in [0.05, 0.1) is 0 Å². The molecule has 0 saturated carbocycles. The largest absolute Gasteiger partial charge is 0.466 e. The van der Waals surface area contributed by atoms with Gasteiger partial charge in [0.15, 0.2) is 11.9 Å². The molecule has 0 aliphatic rings. The van der Waals surface area contributed by atoms with E-state index < -0.39 is 24.2 Å². The lowest BCUT2D eigenvalue weighted by molar-refractivity contribution is 0.0179. The van der Waals surface area contributed by atoms with Gasteiger partial charge in [-0.05, 0) is 28.9 Å². The lowest BCUT2D eigenvalue weighted by Gasteiger charge is -2.12. The molecule has 1 aromatic heterocycles. The number of halogens is 4. The highest BCUT2D eigenvalue weighted by molar-refractivity contribution is 9.10. The summed E-state index contributed by atoms with van der Waals surface area (Å²) in [5.74, 6) is -1.19. The Bertz CT molecular complexity index is 321. The molecule has 0 aliphatic carbocycles. The van der Waals surface area contributed by atoms with Gasteiger partial charge >= 0.3 is 0 Å². The molecule has 78 valence electrons. The van der Waals surface area contributed by atoms with Crippen molar-refractivity contribution in [3.63, 3.8) is 0 Å². The van der Waals surface area contributed by atoms with Crippen molar-refractivity contribution in [3.8, 4) is 5.88 Å². The Morgan fingerprint density at radius 3 is 2.64 bits per heavy atom. The van der Waals surface area contributed by atoms with Crippen molar-refractivity contribution in [2.75, 3.05) is 0 Å². The Morgan fingerprint density at radius 2 is 2.14 bits per heavy atom. The van der Waals surface area contributed by atoms with E-state index >= 15 is 0 Å². The van der Waals surface area contributed by atoms with E-state index in [1.807, 2.05) is 0 Å². The highest BCUT2D eigenvalue weighted by Gasteiger charge is 2.18. The van der Waals surface area contributed by atoms with Gasteiger partial charge in [-0.1, -0.05) is 0 Å². The van der Waals surface area contributed by atoms with Crippen LogP contribution < -0.4 is 4.74 Å². The zero-order chi connectivity index (χ0) is 10.7. The summed E-state index contributed by atoms with van der Waals surface area (Å²) in [4.78, 5) is 3.52. The minimum atomic E-state index is -2.67. The quantitative estimate of drug-likeness (QED) is 0.842. The topological polar surface area (TPSA) is 22.1 Å². The third-order valence-electron chi connectivity index (χ3n) is 1.43. The Labute approximate surface area is 87.2 Å². The van der Waals surface area contributed by atoms with E-state index in [1.54, 1.807) is 0 Å². The van der Waals surface area contributed by atoms with E-state index in [1.165, 1.54) is 6.20 Å². The summed E-state index contributed by atoms with van der Waals surface area (Å²) in [6.45, 7) is 1.15. The highest BCUT2D eigenvalue weighted by atomic mass is 79.9. The normalized spacial score (nSPS) is 13.0. The monoisotopic (exact) mass is 269 g/mol. The standard InChI is InChI=1S/C8H7BrF3NO/c1-4(7(11)12)14-8-6(10)2-5(9)3-13-8/h2-4,7H,1H3. The van der Waals surface area contributed by atoms with E-state index in [9.17, 15) is 13.2 Å². The fourth-order valence-electron chi connectivity index (χ4n) is 0.716. The summed E-state index contributed by atoms with van der Waals surface area (Å²) in [5, 5.41) is 0. The third kappa shape index (κ3) is 2.87. The molecule has 1 rings (SSSR count). The molecule has 0 saturated heterocycles. The van der Waals surface area contributed by atoms with Gasteiger partial charge in [-0.2, -0.15) is 0 Å². The van der Waals surface area contributed by atoms with Crippen LogP contribution in [0, 0.1) is 5.82 Å². The smallest absolute Gasteiger partial charge is 0.274 e. The Kier molecular flexibility index (Phi) is 3.74. The molecule has 14 heavy (non-hydrogen) atoms. The first-order valence-corrected chi connectivity index (χ1v) is 4.56. The van der Waals surface area contributed by atoms with E-state index in [0.717, 1.165) is 13.0 Å². The summed E-state index contributed by atoms with van der Waals surface area (Å²) >= 11 is 2.99. The fourth-order valence-corrected chi connectivity index (χ4v) is 1.02. The second kappa shape index (κ2) is 4.63. The molecule has 6 heteroatoms. The predicted octanol–water partition coefficient (Wildman–Crippen LogP) is 3.02. The first-order chi connectivity index (χ1) is 6.50. The van der Waals surface area contributed by atoms with Crippen LogP contribution >= 0.6 is 15.9 Å². The van der Waals surface area contributed by atoms with Gasteiger partial charge in [-0.25, -0.2) is 18.2 Å². The zero-order valence-electron chi connectivity index (χ0n) is 7.18. The van der Waals surface area contributed by atoms with E-state index in [0.29, 0.717) is 4.47 Å². The highest BCUT2D eigenvalue weighted by Crippen LogP contribution is 2.20. The minimum Gasteiger partial charge on any atom is -0.466 e. The number of aromatic nitrogens is 1. The summed E-state index contributed by atoms with van der Waals surface area (Å²) < 4.78 is 42.1. The molecule has 0 N–H and O–H groups in total. The minimum absolute atomic E-state index is 0.416. The van der Waals surface area contributed by atoms with Gasteiger partial charge < -0.3 is 4.74 Å². The van der Waals surface area contributed by atoms with Gasteiger partial charge in [0.25, 0.3) is 12.3 Å². The first kappa shape index (κ1) is 11.3. The average Bonchev–Trinajstić information content (AvgIpc) is 2.09. The first-order valence-electron chi connectivity index (χ1n) is 3.76. The molecule has 0 radical (unpaired) electrons. The van der Waals surface area contributed by atoms with Crippen molar-refractivity contribution in [2.24, 2.45) is 0 Å². The second-order valence-corrected chi connectivity index (χ2v) is 3.51. The molecule has 2 nitrogen and oxygen atoms in total. The van der Waals surface area contributed by atoms with Crippen LogP contribution in [0.2, 0.25) is 0 Å². The van der Waals surface area contributed by atoms with Crippen LogP contribution in [0.1, 0.15) is 6.92 Å². The predicted molar refractivity (Wildman–Crippen MR) is 48.0 cm³/mol. The van der Waals surface area contributed by atoms with Crippen molar-refractivity contribution < 1.29 is 17.9 Å². The number of hydrogen-bond donors (Lipinski definition) is 0. The van der Waals surface area contributed by atoms with Crippen molar-refractivity contribution >= 4 is 15.9 Å². The van der Waals surface area contributed by atoms with E-state index in [2.05, 4.69) is 25.7 Å². The second-order valence-electron chi connectivity index (χ2n) is 2.60. The van der Waals surface area contributed by atoms with Gasteiger partial charge in [-0.3, -0.25) is 0 Å². The van der Waals surface area contributed by atoms with Crippen LogP contribution in [-0.4, -0.2) is 17.5 Å². The van der Waals surface area contributed by atoms with Gasteiger partial charge in [0, 0.05) is 10.7 Å². The number of nitrogens with zero attached hydrogens (tertiary/aromatic N) is 1. The number of alkyl halides is 2. The molecule has 0 aromatic carbocycles. The summed E-state index contributed by atoms with van der Waals surface area (Å²) in [7, 11) is 0. The van der Waals surface area contributed by atoms with Gasteiger partial charge in [0.2, 0.25) is 0 Å². The molecule has 0 aliphatic heterocycles. The Hall–Kier alpha value is -0.780. The van der Waals surface area contributed by atoms with Crippen molar-refractivity contribution in [2.45, 2.75) is 19.5 Å².